The molecule has 17 nitrogen and oxygen atoms in total. The zero-order chi connectivity index (χ0) is 43.7. The van der Waals surface area contributed by atoms with Gasteiger partial charge in [0.1, 0.15) is 44.3 Å². The summed E-state index contributed by atoms with van der Waals surface area (Å²) in [5.41, 5.74) is 1.00. The number of rotatable bonds is 30. The first-order valence-corrected chi connectivity index (χ1v) is 21.2. The number of benzene rings is 2. The molecule has 60 heavy (non-hydrogen) atoms. The first-order chi connectivity index (χ1) is 29.0. The van der Waals surface area contributed by atoms with Gasteiger partial charge < -0.3 is 48.2 Å². The number of carbonyl (C=O) groups is 4. The summed E-state index contributed by atoms with van der Waals surface area (Å²) < 4.78 is 34.2. The molecule has 0 atom stereocenters. The van der Waals surface area contributed by atoms with E-state index < -0.39 is 47.8 Å². The second kappa shape index (κ2) is 27.4. The Morgan fingerprint density at radius 3 is 1.68 bits per heavy atom. The van der Waals surface area contributed by atoms with Crippen molar-refractivity contribution in [2.24, 2.45) is 0 Å². The van der Waals surface area contributed by atoms with Crippen LogP contribution in [0.2, 0.25) is 0 Å². The lowest BCUT2D eigenvalue weighted by Crippen LogP contribution is -2.37. The highest BCUT2D eigenvalue weighted by Crippen LogP contribution is 2.37. The number of nitro groups is 1. The highest BCUT2D eigenvalue weighted by molar-refractivity contribution is 5.83. The monoisotopic (exact) mass is 844 g/mol. The van der Waals surface area contributed by atoms with Crippen molar-refractivity contribution in [3.05, 3.63) is 46.0 Å². The predicted molar refractivity (Wildman–Crippen MR) is 226 cm³/mol. The maximum Gasteiger partial charge on any atom is 0.325 e. The standard InChI is InChI=1S/C43H64N4O13/c1-5-9-15-40(49)60-32-46(30-43(52)59-22-12-8-4)37-25-33(31-48)36(47(53)54)27-39(37)56-24-23-55-38-26-34(44-18-13-14-19-44)16-17-35(38)45(28-41(50)57-20-10-6-2)29-42(51)58-21-11-7-3/h16-17,25-27,48H,5-15,18-24,28-32H2,1-4H3. The SMILES string of the molecule is CCCCOC(=O)CN(COC(=O)CCCC)c1cc(CO)c([N+](=O)[O-])cc1OCCOc1cc(N2CCCC2)ccc1N(CC(=O)OCCCC)CC(=O)OCCCC. The van der Waals surface area contributed by atoms with Gasteiger partial charge in [0, 0.05) is 31.3 Å². The van der Waals surface area contributed by atoms with Crippen molar-refractivity contribution in [2.75, 3.05) is 87.2 Å². The van der Waals surface area contributed by atoms with Crippen molar-refractivity contribution in [3.8, 4) is 11.5 Å². The summed E-state index contributed by atoms with van der Waals surface area (Å²) in [7, 11) is 0. The quantitative estimate of drug-likeness (QED) is 0.0224. The number of hydrogen-bond donors (Lipinski definition) is 1. The minimum Gasteiger partial charge on any atom is -0.488 e. The van der Waals surface area contributed by atoms with Crippen LogP contribution < -0.4 is 24.2 Å². The first kappa shape index (κ1) is 49.0. The molecule has 1 fully saturated rings. The fourth-order valence-corrected chi connectivity index (χ4v) is 6.18. The van der Waals surface area contributed by atoms with Crippen LogP contribution in [0.25, 0.3) is 0 Å². The maximum atomic E-state index is 13.0. The van der Waals surface area contributed by atoms with E-state index in [1.165, 1.54) is 11.0 Å². The average molecular weight is 845 g/mol. The number of anilines is 3. The van der Waals surface area contributed by atoms with Gasteiger partial charge in [-0.15, -0.1) is 0 Å². The topological polar surface area (TPSA) is 197 Å². The maximum absolute atomic E-state index is 13.0. The van der Waals surface area contributed by atoms with Crippen LogP contribution in [0.1, 0.15) is 104 Å². The summed E-state index contributed by atoms with van der Waals surface area (Å²) in [6.45, 7) is 8.00. The molecule has 1 aliphatic heterocycles. The van der Waals surface area contributed by atoms with Gasteiger partial charge in [0.05, 0.1) is 54.4 Å². The number of esters is 4. The Hall–Kier alpha value is -5.32. The van der Waals surface area contributed by atoms with E-state index in [4.69, 9.17) is 28.4 Å². The summed E-state index contributed by atoms with van der Waals surface area (Å²) in [6, 6.07) is 8.00. The lowest BCUT2D eigenvalue weighted by Gasteiger charge is -2.27. The van der Waals surface area contributed by atoms with Gasteiger partial charge in [0.25, 0.3) is 5.69 Å². The third kappa shape index (κ3) is 16.7. The fourth-order valence-electron chi connectivity index (χ4n) is 6.18. The molecule has 0 amide bonds. The Labute approximate surface area is 353 Å². The first-order valence-electron chi connectivity index (χ1n) is 21.2. The molecule has 334 valence electrons. The minimum atomic E-state index is -0.692. The van der Waals surface area contributed by atoms with Gasteiger partial charge in [-0.25, -0.2) is 0 Å². The molecular weight excluding hydrogens is 780 g/mol. The van der Waals surface area contributed by atoms with Crippen LogP contribution in [0.3, 0.4) is 0 Å². The Balaban J connectivity index is 1.96. The van der Waals surface area contributed by atoms with Crippen LogP contribution in [0, 0.1) is 10.1 Å². The molecule has 1 heterocycles. The van der Waals surface area contributed by atoms with E-state index in [2.05, 4.69) is 4.90 Å². The van der Waals surface area contributed by atoms with Crippen LogP contribution >= 0.6 is 0 Å². The molecule has 1 saturated heterocycles. The molecule has 1 aliphatic rings. The molecule has 2 aromatic carbocycles. The Bertz CT molecular complexity index is 1640. The second-order valence-corrected chi connectivity index (χ2v) is 14.4. The average Bonchev–Trinajstić information content (AvgIpc) is 3.78. The lowest BCUT2D eigenvalue weighted by atomic mass is 10.1. The third-order valence-electron chi connectivity index (χ3n) is 9.58. The van der Waals surface area contributed by atoms with Crippen LogP contribution in [0.4, 0.5) is 22.7 Å². The molecule has 0 radical (unpaired) electrons. The normalized spacial score (nSPS) is 12.1. The Morgan fingerprint density at radius 2 is 1.18 bits per heavy atom. The molecule has 0 saturated carbocycles. The molecule has 0 aromatic heterocycles. The van der Waals surface area contributed by atoms with Crippen molar-refractivity contribution in [3.63, 3.8) is 0 Å². The fraction of sp³-hybridized carbons (Fsp3) is 0.628. The van der Waals surface area contributed by atoms with Gasteiger partial charge in [-0.05, 0) is 56.7 Å². The molecule has 1 N–H and O–H groups in total. The van der Waals surface area contributed by atoms with Crippen molar-refractivity contribution < 1.29 is 57.6 Å². The largest absolute Gasteiger partial charge is 0.488 e. The summed E-state index contributed by atoms with van der Waals surface area (Å²) in [6.07, 6.45) is 8.11. The van der Waals surface area contributed by atoms with Crippen molar-refractivity contribution >= 4 is 46.6 Å². The number of nitrogens with zero attached hydrogens (tertiary/aromatic N) is 4. The predicted octanol–water partition coefficient (Wildman–Crippen LogP) is 6.48. The number of ether oxygens (including phenoxy) is 6. The number of hydrogen-bond acceptors (Lipinski definition) is 16. The van der Waals surface area contributed by atoms with E-state index in [0.29, 0.717) is 37.1 Å². The zero-order valence-corrected chi connectivity index (χ0v) is 35.8. The van der Waals surface area contributed by atoms with E-state index in [9.17, 15) is 34.4 Å². The number of carbonyl (C=O) groups excluding carboxylic acids is 4. The van der Waals surface area contributed by atoms with Crippen LogP contribution in [-0.4, -0.2) is 106 Å². The van der Waals surface area contributed by atoms with Crippen molar-refractivity contribution in [1.29, 1.82) is 0 Å². The van der Waals surface area contributed by atoms with Crippen LogP contribution in [0.5, 0.6) is 11.5 Å². The van der Waals surface area contributed by atoms with E-state index in [-0.39, 0.29) is 76.1 Å². The van der Waals surface area contributed by atoms with Crippen LogP contribution in [0.15, 0.2) is 30.3 Å². The zero-order valence-electron chi connectivity index (χ0n) is 35.8. The van der Waals surface area contributed by atoms with Crippen LogP contribution in [-0.2, 0) is 44.7 Å². The number of aliphatic hydroxyl groups is 1. The van der Waals surface area contributed by atoms with Gasteiger partial charge in [-0.3, -0.25) is 29.3 Å². The number of unbranched alkanes of at least 4 members (excludes halogenated alkanes) is 4. The molecule has 0 spiro atoms. The number of aliphatic hydroxyl groups excluding tert-OH is 1. The summed E-state index contributed by atoms with van der Waals surface area (Å²) >= 11 is 0. The van der Waals surface area contributed by atoms with Gasteiger partial charge in [0.2, 0.25) is 0 Å². The molecule has 0 unspecified atom stereocenters. The third-order valence-corrected chi connectivity index (χ3v) is 9.58. The molecule has 2 aromatic rings. The second-order valence-electron chi connectivity index (χ2n) is 14.4. The Morgan fingerprint density at radius 1 is 0.667 bits per heavy atom. The Kier molecular flexibility index (Phi) is 22.4. The molecule has 3 rings (SSSR count). The minimum absolute atomic E-state index is 0.0363. The van der Waals surface area contributed by atoms with Gasteiger partial charge >= 0.3 is 23.9 Å². The van der Waals surface area contributed by atoms with E-state index in [1.807, 2.05) is 39.8 Å². The van der Waals surface area contributed by atoms with Gasteiger partial charge in [-0.1, -0.05) is 53.4 Å². The molecule has 0 aliphatic carbocycles. The molecular formula is C43H64N4O13. The summed E-state index contributed by atoms with van der Waals surface area (Å²) in [5, 5.41) is 22.2. The highest BCUT2D eigenvalue weighted by Gasteiger charge is 2.26. The van der Waals surface area contributed by atoms with Gasteiger partial charge in [0.15, 0.2) is 6.73 Å². The molecule has 17 heteroatoms. The lowest BCUT2D eigenvalue weighted by molar-refractivity contribution is -0.385. The highest BCUT2D eigenvalue weighted by atomic mass is 16.6. The summed E-state index contributed by atoms with van der Waals surface area (Å²) in [4.78, 5) is 68.1. The van der Waals surface area contributed by atoms with Gasteiger partial charge in [-0.2, -0.15) is 0 Å². The smallest absolute Gasteiger partial charge is 0.325 e. The van der Waals surface area contributed by atoms with E-state index in [1.54, 1.807) is 11.0 Å². The van der Waals surface area contributed by atoms with E-state index in [0.717, 1.165) is 63.4 Å². The number of nitro benzene ring substituents is 1. The van der Waals surface area contributed by atoms with E-state index >= 15 is 0 Å². The summed E-state index contributed by atoms with van der Waals surface area (Å²) in [5.74, 6) is -1.83. The molecule has 0 bridgehead atoms. The van der Waals surface area contributed by atoms with Crippen molar-refractivity contribution in [2.45, 2.75) is 105 Å². The van der Waals surface area contributed by atoms with Crippen molar-refractivity contribution in [1.82, 2.24) is 0 Å².